The molecule has 0 radical (unpaired) electrons. The number of fused-ring (bicyclic) bond motifs is 1. The van der Waals surface area contributed by atoms with Gasteiger partial charge in [0, 0.05) is 19.5 Å². The SMILES string of the molecule is [2H]c1c([2H])c([2H])c(C[C@@H](CC(=O)N2C[C@H]3CCCC[C@H]3C2)C(=O)O)c([2H])c1[2H]. The molecule has 1 N–H and O–H groups in total. The third-order valence-corrected chi connectivity index (χ3v) is 5.10. The highest BCUT2D eigenvalue weighted by atomic mass is 16.4. The lowest BCUT2D eigenvalue weighted by Crippen LogP contribution is -2.33. The number of amides is 1. The molecule has 4 heteroatoms. The third kappa shape index (κ3) is 3.92. The first-order valence-corrected chi connectivity index (χ1v) is 8.27. The second kappa shape index (κ2) is 7.16. The summed E-state index contributed by atoms with van der Waals surface area (Å²) in [7, 11) is 0. The number of rotatable bonds is 5. The first-order chi connectivity index (χ1) is 13.2. The second-order valence-electron chi connectivity index (χ2n) is 6.65. The molecule has 0 spiro atoms. The zero-order valence-electron chi connectivity index (χ0n) is 18.1. The Hall–Kier alpha value is -1.84. The van der Waals surface area contributed by atoms with Crippen molar-refractivity contribution in [2.75, 3.05) is 13.1 Å². The monoisotopic (exact) mass is 320 g/mol. The summed E-state index contributed by atoms with van der Waals surface area (Å²) >= 11 is 0. The van der Waals surface area contributed by atoms with E-state index in [1.165, 1.54) is 12.8 Å². The van der Waals surface area contributed by atoms with Crippen LogP contribution in [0.3, 0.4) is 0 Å². The van der Waals surface area contributed by atoms with Gasteiger partial charge in [0.1, 0.15) is 0 Å². The molecule has 2 fully saturated rings. The van der Waals surface area contributed by atoms with Crippen molar-refractivity contribution < 1.29 is 21.5 Å². The summed E-state index contributed by atoms with van der Waals surface area (Å²) < 4.78 is 39.0. The van der Waals surface area contributed by atoms with Crippen LogP contribution in [0.15, 0.2) is 30.2 Å². The molecule has 1 aliphatic carbocycles. The van der Waals surface area contributed by atoms with Crippen molar-refractivity contribution in [3.8, 4) is 0 Å². The smallest absolute Gasteiger partial charge is 0.307 e. The molecule has 2 aliphatic rings. The van der Waals surface area contributed by atoms with E-state index in [1.54, 1.807) is 4.90 Å². The average Bonchev–Trinajstić information content (AvgIpc) is 3.11. The molecule has 0 unspecified atom stereocenters. The molecular weight excluding hydrogens is 290 g/mol. The van der Waals surface area contributed by atoms with Crippen LogP contribution in [0.25, 0.3) is 0 Å². The van der Waals surface area contributed by atoms with Gasteiger partial charge in [0.05, 0.1) is 12.8 Å². The van der Waals surface area contributed by atoms with Gasteiger partial charge in [0.15, 0.2) is 0 Å². The van der Waals surface area contributed by atoms with Gasteiger partial charge in [-0.15, -0.1) is 0 Å². The zero-order valence-corrected chi connectivity index (χ0v) is 13.1. The van der Waals surface area contributed by atoms with Gasteiger partial charge >= 0.3 is 5.97 Å². The number of benzene rings is 1. The molecule has 124 valence electrons. The molecule has 23 heavy (non-hydrogen) atoms. The van der Waals surface area contributed by atoms with Crippen molar-refractivity contribution in [3.63, 3.8) is 0 Å². The van der Waals surface area contributed by atoms with E-state index in [1.807, 2.05) is 0 Å². The molecule has 1 amide bonds. The number of carboxylic acids is 1. The van der Waals surface area contributed by atoms with Gasteiger partial charge in [-0.2, -0.15) is 0 Å². The summed E-state index contributed by atoms with van der Waals surface area (Å²) in [5.41, 5.74) is -0.0544. The van der Waals surface area contributed by atoms with E-state index < -0.39 is 42.1 Å². The zero-order chi connectivity index (χ0) is 20.6. The first kappa shape index (κ1) is 10.8. The van der Waals surface area contributed by atoms with Crippen LogP contribution in [0, 0.1) is 17.8 Å². The maximum Gasteiger partial charge on any atom is 0.307 e. The third-order valence-electron chi connectivity index (χ3n) is 5.10. The molecule has 1 aromatic rings. The van der Waals surface area contributed by atoms with Crippen molar-refractivity contribution in [2.45, 2.75) is 38.5 Å². The van der Waals surface area contributed by atoms with Crippen molar-refractivity contribution in [3.05, 3.63) is 35.8 Å². The Morgan fingerprint density at radius 1 is 1.17 bits per heavy atom. The second-order valence-corrected chi connectivity index (χ2v) is 6.65. The van der Waals surface area contributed by atoms with Crippen molar-refractivity contribution in [1.29, 1.82) is 0 Å². The summed E-state index contributed by atoms with van der Waals surface area (Å²) in [5.74, 6) is -1.55. The summed E-state index contributed by atoms with van der Waals surface area (Å²) in [4.78, 5) is 26.2. The lowest BCUT2D eigenvalue weighted by atomic mass is 9.82. The van der Waals surface area contributed by atoms with Crippen LogP contribution in [0.4, 0.5) is 0 Å². The lowest BCUT2D eigenvalue weighted by Gasteiger charge is -2.22. The Morgan fingerprint density at radius 3 is 2.35 bits per heavy atom. The number of aliphatic carboxylic acids is 1. The van der Waals surface area contributed by atoms with E-state index in [0.29, 0.717) is 24.9 Å². The number of carbonyl (C=O) groups is 2. The molecule has 1 saturated heterocycles. The van der Waals surface area contributed by atoms with Crippen LogP contribution in [0.1, 0.15) is 44.5 Å². The summed E-state index contributed by atoms with van der Waals surface area (Å²) in [6.07, 6.45) is 4.08. The maximum absolute atomic E-state index is 12.7. The average molecular weight is 320 g/mol. The Labute approximate surface area is 144 Å². The Balaban J connectivity index is 1.75. The number of likely N-dealkylation sites (tertiary alicyclic amines) is 1. The molecule has 4 nitrogen and oxygen atoms in total. The van der Waals surface area contributed by atoms with Crippen LogP contribution in [-0.2, 0) is 16.0 Å². The Bertz CT molecular complexity index is 757. The highest BCUT2D eigenvalue weighted by Gasteiger charge is 2.37. The van der Waals surface area contributed by atoms with Gasteiger partial charge in [-0.1, -0.05) is 43.1 Å². The Kier molecular flexibility index (Phi) is 3.37. The minimum absolute atomic E-state index is 0.0544. The van der Waals surface area contributed by atoms with E-state index in [0.717, 1.165) is 12.8 Å². The van der Waals surface area contributed by atoms with Gasteiger partial charge < -0.3 is 10.0 Å². The molecule has 1 heterocycles. The molecule has 3 rings (SSSR count). The highest BCUT2D eigenvalue weighted by molar-refractivity contribution is 5.82. The number of hydrogen-bond acceptors (Lipinski definition) is 2. The number of carboxylic acid groups (broad SMARTS) is 1. The minimum atomic E-state index is -1.20. The summed E-state index contributed by atoms with van der Waals surface area (Å²) in [6, 6.07) is -2.31. The predicted molar refractivity (Wildman–Crippen MR) is 87.9 cm³/mol. The summed E-state index contributed by atoms with van der Waals surface area (Å²) in [6.45, 7) is 1.34. The molecular formula is C19H25NO3. The van der Waals surface area contributed by atoms with Gasteiger partial charge in [0.2, 0.25) is 5.91 Å². The van der Waals surface area contributed by atoms with E-state index in [4.69, 9.17) is 6.85 Å². The summed E-state index contributed by atoms with van der Waals surface area (Å²) in [5, 5.41) is 9.58. The fraction of sp³-hybridized carbons (Fsp3) is 0.579. The standard InChI is InChI=1S/C19H25NO3/c21-18(20-12-15-8-4-5-9-16(15)13-20)11-17(19(22)23)10-14-6-2-1-3-7-14/h1-3,6-7,15-17H,4-5,8-13H2,(H,22,23)/t15-,16+,17-/m0/s1/i1D,2D,3D,6D,7D. The molecule has 1 aromatic carbocycles. The van der Waals surface area contributed by atoms with E-state index in [9.17, 15) is 14.7 Å². The fourth-order valence-corrected chi connectivity index (χ4v) is 3.82. The van der Waals surface area contributed by atoms with Crippen molar-refractivity contribution in [2.24, 2.45) is 17.8 Å². The van der Waals surface area contributed by atoms with E-state index in [2.05, 4.69) is 0 Å². The molecule has 1 aliphatic heterocycles. The van der Waals surface area contributed by atoms with Crippen LogP contribution >= 0.6 is 0 Å². The minimum Gasteiger partial charge on any atom is -0.481 e. The lowest BCUT2D eigenvalue weighted by molar-refractivity contribution is -0.145. The molecule has 0 bridgehead atoms. The van der Waals surface area contributed by atoms with Crippen molar-refractivity contribution in [1.82, 2.24) is 4.90 Å². The fourth-order valence-electron chi connectivity index (χ4n) is 3.82. The van der Waals surface area contributed by atoms with Crippen LogP contribution in [0.5, 0.6) is 0 Å². The Morgan fingerprint density at radius 2 is 1.78 bits per heavy atom. The van der Waals surface area contributed by atoms with Gasteiger partial charge in [-0.05, 0) is 36.7 Å². The molecule has 0 aromatic heterocycles. The quantitative estimate of drug-likeness (QED) is 0.907. The number of carbonyl (C=O) groups excluding carboxylic acids is 1. The van der Waals surface area contributed by atoms with E-state index in [-0.39, 0.29) is 24.3 Å². The van der Waals surface area contributed by atoms with E-state index >= 15 is 0 Å². The topological polar surface area (TPSA) is 57.6 Å². The maximum atomic E-state index is 12.7. The number of nitrogens with zero attached hydrogens (tertiary/aromatic N) is 1. The normalized spacial score (nSPS) is 28.0. The van der Waals surface area contributed by atoms with Crippen LogP contribution in [-0.4, -0.2) is 35.0 Å². The predicted octanol–water partition coefficient (Wildman–Crippen LogP) is 2.97. The molecule has 3 atom stereocenters. The van der Waals surface area contributed by atoms with Gasteiger partial charge in [0.25, 0.3) is 0 Å². The van der Waals surface area contributed by atoms with Gasteiger partial charge in [-0.3, -0.25) is 9.59 Å². The molecule has 1 saturated carbocycles. The largest absolute Gasteiger partial charge is 0.481 e. The van der Waals surface area contributed by atoms with Crippen molar-refractivity contribution >= 4 is 11.9 Å². The van der Waals surface area contributed by atoms with Gasteiger partial charge in [-0.25, -0.2) is 0 Å². The first-order valence-electron chi connectivity index (χ1n) is 10.8. The highest BCUT2D eigenvalue weighted by Crippen LogP contribution is 2.36. The van der Waals surface area contributed by atoms with Crippen LogP contribution < -0.4 is 0 Å². The van der Waals surface area contributed by atoms with Crippen LogP contribution in [0.2, 0.25) is 0 Å². The number of hydrogen-bond donors (Lipinski definition) is 1.